The van der Waals surface area contributed by atoms with Crippen molar-refractivity contribution in [3.05, 3.63) is 65.9 Å². The van der Waals surface area contributed by atoms with Crippen molar-refractivity contribution >= 4 is 17.0 Å². The van der Waals surface area contributed by atoms with Gasteiger partial charge in [-0.05, 0) is 43.2 Å². The van der Waals surface area contributed by atoms with Gasteiger partial charge in [0.25, 0.3) is 0 Å². The van der Waals surface area contributed by atoms with Crippen LogP contribution in [0.3, 0.4) is 0 Å². The van der Waals surface area contributed by atoms with E-state index in [2.05, 4.69) is 10.6 Å². The van der Waals surface area contributed by atoms with Gasteiger partial charge < -0.3 is 19.8 Å². The third-order valence-corrected chi connectivity index (χ3v) is 4.22. The first kappa shape index (κ1) is 17.9. The maximum Gasteiger partial charge on any atom is 0.315 e. The van der Waals surface area contributed by atoms with Crippen LogP contribution in [0.25, 0.3) is 11.0 Å². The molecule has 0 bridgehead atoms. The van der Waals surface area contributed by atoms with Crippen LogP contribution in [0.4, 0.5) is 4.79 Å². The molecule has 3 rings (SSSR count). The molecule has 0 spiro atoms. The van der Waals surface area contributed by atoms with Crippen LogP contribution in [0.15, 0.2) is 59.0 Å². The highest BCUT2D eigenvalue weighted by Gasteiger charge is 2.11. The van der Waals surface area contributed by atoms with Crippen LogP contribution in [0.1, 0.15) is 18.2 Å². The molecule has 0 aliphatic carbocycles. The molecule has 2 aromatic carbocycles. The van der Waals surface area contributed by atoms with Crippen molar-refractivity contribution in [3.63, 3.8) is 0 Å². The van der Waals surface area contributed by atoms with Gasteiger partial charge in [-0.25, -0.2) is 4.79 Å². The summed E-state index contributed by atoms with van der Waals surface area (Å²) in [5.41, 5.74) is 2.03. The van der Waals surface area contributed by atoms with Gasteiger partial charge in [0.1, 0.15) is 17.1 Å². The van der Waals surface area contributed by atoms with Crippen LogP contribution in [0, 0.1) is 0 Å². The molecule has 1 unspecified atom stereocenters. The van der Waals surface area contributed by atoms with Crippen LogP contribution in [-0.4, -0.2) is 25.7 Å². The zero-order valence-corrected chi connectivity index (χ0v) is 15.1. The first-order chi connectivity index (χ1) is 12.6. The third-order valence-electron chi connectivity index (χ3n) is 4.22. The fourth-order valence-electron chi connectivity index (χ4n) is 2.88. The number of furan rings is 1. The molecule has 1 heterocycles. The van der Waals surface area contributed by atoms with Gasteiger partial charge in [0.2, 0.25) is 0 Å². The summed E-state index contributed by atoms with van der Waals surface area (Å²) < 4.78 is 10.9. The van der Waals surface area contributed by atoms with E-state index in [-0.39, 0.29) is 12.1 Å². The minimum atomic E-state index is -0.165. The summed E-state index contributed by atoms with van der Waals surface area (Å²) in [5, 5.41) is 6.92. The van der Waals surface area contributed by atoms with E-state index in [1.165, 1.54) is 0 Å². The Balaban J connectivity index is 1.42. The largest absolute Gasteiger partial charge is 0.497 e. The number of benzene rings is 2. The standard InChI is InChI=1S/C21H24N2O3/c1-15(13-19-14-17-5-3-4-6-20(17)26-19)23-21(24)22-12-11-16-7-9-18(25-2)10-8-16/h3-10,14-15H,11-13H2,1-2H3,(H2,22,23,24). The summed E-state index contributed by atoms with van der Waals surface area (Å²) >= 11 is 0. The lowest BCUT2D eigenvalue weighted by Gasteiger charge is -2.13. The average Bonchev–Trinajstić information content (AvgIpc) is 3.04. The fourth-order valence-corrected chi connectivity index (χ4v) is 2.88. The Hall–Kier alpha value is -2.95. The Bertz CT molecular complexity index is 822. The molecule has 0 aliphatic heterocycles. The first-order valence-corrected chi connectivity index (χ1v) is 8.79. The summed E-state index contributed by atoms with van der Waals surface area (Å²) in [6.07, 6.45) is 1.43. The Kier molecular flexibility index (Phi) is 5.79. The zero-order chi connectivity index (χ0) is 18.4. The molecule has 0 radical (unpaired) electrons. The van der Waals surface area contributed by atoms with Gasteiger partial charge in [-0.15, -0.1) is 0 Å². The summed E-state index contributed by atoms with van der Waals surface area (Å²) in [4.78, 5) is 12.0. The van der Waals surface area contributed by atoms with Gasteiger partial charge in [-0.1, -0.05) is 30.3 Å². The lowest BCUT2D eigenvalue weighted by atomic mass is 10.1. The van der Waals surface area contributed by atoms with E-state index in [0.29, 0.717) is 13.0 Å². The number of para-hydroxylation sites is 1. The fraction of sp³-hybridized carbons (Fsp3) is 0.286. The molecule has 3 aromatic rings. The van der Waals surface area contributed by atoms with Gasteiger partial charge in [0.05, 0.1) is 7.11 Å². The number of hydrogen-bond donors (Lipinski definition) is 2. The molecule has 1 atom stereocenters. The molecule has 2 N–H and O–H groups in total. The number of methoxy groups -OCH3 is 1. The smallest absolute Gasteiger partial charge is 0.315 e. The zero-order valence-electron chi connectivity index (χ0n) is 15.1. The number of nitrogens with one attached hydrogen (secondary N) is 2. The number of ether oxygens (including phenoxy) is 1. The number of fused-ring (bicyclic) bond motifs is 1. The normalized spacial score (nSPS) is 11.9. The van der Waals surface area contributed by atoms with Gasteiger partial charge in [-0.3, -0.25) is 0 Å². The molecule has 1 aromatic heterocycles. The van der Waals surface area contributed by atoms with Crippen LogP contribution >= 0.6 is 0 Å². The minimum absolute atomic E-state index is 0.0171. The Morgan fingerprint density at radius 1 is 1.15 bits per heavy atom. The number of carbonyl (C=O) groups excluding carboxylic acids is 1. The van der Waals surface area contributed by atoms with E-state index < -0.39 is 0 Å². The van der Waals surface area contributed by atoms with Crippen molar-refractivity contribution in [1.29, 1.82) is 0 Å². The van der Waals surface area contributed by atoms with E-state index >= 15 is 0 Å². The van der Waals surface area contributed by atoms with Crippen molar-refractivity contribution in [2.45, 2.75) is 25.8 Å². The molecular weight excluding hydrogens is 328 g/mol. The minimum Gasteiger partial charge on any atom is -0.497 e. The van der Waals surface area contributed by atoms with Crippen molar-refractivity contribution in [1.82, 2.24) is 10.6 Å². The molecule has 5 nitrogen and oxygen atoms in total. The van der Waals surface area contributed by atoms with E-state index in [1.807, 2.05) is 61.5 Å². The van der Waals surface area contributed by atoms with Crippen LogP contribution in [0.5, 0.6) is 5.75 Å². The quantitative estimate of drug-likeness (QED) is 0.677. The molecule has 5 heteroatoms. The lowest BCUT2D eigenvalue weighted by Crippen LogP contribution is -2.42. The predicted octanol–water partition coefficient (Wildman–Crippen LogP) is 3.91. The predicted molar refractivity (Wildman–Crippen MR) is 103 cm³/mol. The number of rotatable bonds is 7. The Labute approximate surface area is 153 Å². The molecule has 2 amide bonds. The maximum atomic E-state index is 12.0. The molecular formula is C21H24N2O3. The molecule has 0 saturated carbocycles. The summed E-state index contributed by atoms with van der Waals surface area (Å²) in [7, 11) is 1.65. The second kappa shape index (κ2) is 8.43. The van der Waals surface area contributed by atoms with E-state index in [9.17, 15) is 4.79 Å². The number of hydrogen-bond acceptors (Lipinski definition) is 3. The Morgan fingerprint density at radius 2 is 1.92 bits per heavy atom. The lowest BCUT2D eigenvalue weighted by molar-refractivity contribution is 0.237. The van der Waals surface area contributed by atoms with Gasteiger partial charge in [-0.2, -0.15) is 0 Å². The van der Waals surface area contributed by atoms with Gasteiger partial charge in [0.15, 0.2) is 0 Å². The number of urea groups is 1. The third kappa shape index (κ3) is 4.79. The summed E-state index contributed by atoms with van der Waals surface area (Å²) in [6, 6.07) is 17.6. The van der Waals surface area contributed by atoms with Crippen LogP contribution in [-0.2, 0) is 12.8 Å². The molecule has 0 aliphatic rings. The summed E-state index contributed by atoms with van der Waals surface area (Å²) in [6.45, 7) is 2.55. The van der Waals surface area contributed by atoms with Gasteiger partial charge in [0, 0.05) is 24.4 Å². The van der Waals surface area contributed by atoms with Crippen molar-refractivity contribution < 1.29 is 13.9 Å². The van der Waals surface area contributed by atoms with Gasteiger partial charge >= 0.3 is 6.03 Å². The van der Waals surface area contributed by atoms with E-state index in [4.69, 9.17) is 9.15 Å². The second-order valence-electron chi connectivity index (χ2n) is 6.35. The molecule has 0 saturated heterocycles. The molecule has 136 valence electrons. The summed E-state index contributed by atoms with van der Waals surface area (Å²) in [5.74, 6) is 1.70. The molecule has 0 fully saturated rings. The van der Waals surface area contributed by atoms with Crippen molar-refractivity contribution in [2.75, 3.05) is 13.7 Å². The first-order valence-electron chi connectivity index (χ1n) is 8.79. The molecule has 26 heavy (non-hydrogen) atoms. The monoisotopic (exact) mass is 352 g/mol. The number of amides is 2. The highest BCUT2D eigenvalue weighted by atomic mass is 16.5. The van der Waals surface area contributed by atoms with E-state index in [0.717, 1.165) is 34.5 Å². The Morgan fingerprint density at radius 3 is 2.65 bits per heavy atom. The number of carbonyl (C=O) groups is 1. The average molecular weight is 352 g/mol. The SMILES string of the molecule is COc1ccc(CCNC(=O)NC(C)Cc2cc3ccccc3o2)cc1. The van der Waals surface area contributed by atoms with Crippen molar-refractivity contribution in [2.24, 2.45) is 0 Å². The second-order valence-corrected chi connectivity index (χ2v) is 6.35. The van der Waals surface area contributed by atoms with Crippen LogP contribution < -0.4 is 15.4 Å². The van der Waals surface area contributed by atoms with Crippen LogP contribution in [0.2, 0.25) is 0 Å². The van der Waals surface area contributed by atoms with Crippen molar-refractivity contribution in [3.8, 4) is 5.75 Å². The maximum absolute atomic E-state index is 12.0. The highest BCUT2D eigenvalue weighted by molar-refractivity contribution is 5.77. The van der Waals surface area contributed by atoms with E-state index in [1.54, 1.807) is 7.11 Å². The highest BCUT2D eigenvalue weighted by Crippen LogP contribution is 2.19. The topological polar surface area (TPSA) is 63.5 Å².